The van der Waals surface area contributed by atoms with Crippen molar-refractivity contribution in [3.63, 3.8) is 0 Å². The Morgan fingerprint density at radius 2 is 1.16 bits per heavy atom. The van der Waals surface area contributed by atoms with Crippen LogP contribution in [0.4, 0.5) is 16.2 Å². The van der Waals surface area contributed by atoms with Gasteiger partial charge in [-0.2, -0.15) is 0 Å². The van der Waals surface area contributed by atoms with E-state index in [0.717, 1.165) is 70.2 Å². The van der Waals surface area contributed by atoms with Gasteiger partial charge in [-0.25, -0.2) is 4.79 Å². The maximum atomic E-state index is 12.6. The van der Waals surface area contributed by atoms with Crippen LogP contribution < -0.4 is 9.80 Å². The summed E-state index contributed by atoms with van der Waals surface area (Å²) in [5.74, 6) is 0.304. The molecule has 3 amide bonds. The molecule has 0 aromatic heterocycles. The number of hydrogen-bond donors (Lipinski definition) is 1. The van der Waals surface area contributed by atoms with Crippen LogP contribution in [0, 0.1) is 0 Å². The van der Waals surface area contributed by atoms with Crippen molar-refractivity contribution in [3.8, 4) is 0 Å². The summed E-state index contributed by atoms with van der Waals surface area (Å²) in [6.07, 6.45) is 5.75. The number of para-hydroxylation sites is 2. The zero-order valence-corrected chi connectivity index (χ0v) is 31.7. The molecule has 2 aliphatic rings. The first-order valence-electron chi connectivity index (χ1n) is 18.5. The number of aliphatic hydroxyl groups is 1. The van der Waals surface area contributed by atoms with Gasteiger partial charge in [0.1, 0.15) is 5.60 Å². The maximum Gasteiger partial charge on any atom is 0.410 e. The number of likely N-dealkylation sites (tertiary alicyclic amines) is 2. The molecule has 2 fully saturated rings. The summed E-state index contributed by atoms with van der Waals surface area (Å²) in [4.78, 5) is 45.6. The molecular weight excluding hydrogens is 640 g/mol. The van der Waals surface area contributed by atoms with Crippen molar-refractivity contribution >= 4 is 29.3 Å². The fourth-order valence-corrected chi connectivity index (χ4v) is 6.67. The van der Waals surface area contributed by atoms with Crippen LogP contribution in [0.25, 0.3) is 0 Å². The third kappa shape index (κ3) is 13.1. The van der Waals surface area contributed by atoms with Crippen LogP contribution in [0.3, 0.4) is 0 Å². The van der Waals surface area contributed by atoms with E-state index in [0.29, 0.717) is 25.9 Å². The molecule has 9 heteroatoms. The van der Waals surface area contributed by atoms with Gasteiger partial charge in [-0.15, -0.1) is 0 Å². The minimum absolute atomic E-state index is 0.0129. The number of piperidine rings is 2. The number of amides is 3. The number of nitrogens with zero attached hydrogens (tertiary/aromatic N) is 4. The second-order valence-electron chi connectivity index (χ2n) is 14.0. The first-order chi connectivity index (χ1) is 24.6. The van der Waals surface area contributed by atoms with E-state index in [1.54, 1.807) is 4.90 Å². The number of ether oxygens (including phenoxy) is 1. The van der Waals surface area contributed by atoms with Crippen molar-refractivity contribution in [2.45, 2.75) is 97.2 Å². The van der Waals surface area contributed by atoms with Gasteiger partial charge in [0, 0.05) is 63.5 Å². The number of anilines is 2. The molecule has 0 saturated carbocycles. The maximum absolute atomic E-state index is 12.6. The van der Waals surface area contributed by atoms with Crippen LogP contribution in [0.5, 0.6) is 0 Å². The predicted octanol–water partition coefficient (Wildman–Crippen LogP) is 7.57. The van der Waals surface area contributed by atoms with Crippen LogP contribution in [0.2, 0.25) is 0 Å². The highest BCUT2D eigenvalue weighted by molar-refractivity contribution is 5.94. The summed E-state index contributed by atoms with van der Waals surface area (Å²) >= 11 is 0. The van der Waals surface area contributed by atoms with E-state index in [-0.39, 0.29) is 30.0 Å². The Labute approximate surface area is 306 Å². The van der Waals surface area contributed by atoms with E-state index in [4.69, 9.17) is 9.84 Å². The highest BCUT2D eigenvalue weighted by Crippen LogP contribution is 2.26. The van der Waals surface area contributed by atoms with E-state index in [9.17, 15) is 14.4 Å². The van der Waals surface area contributed by atoms with Crippen molar-refractivity contribution in [1.82, 2.24) is 9.80 Å². The summed E-state index contributed by atoms with van der Waals surface area (Å²) < 4.78 is 5.48. The zero-order valence-electron chi connectivity index (χ0n) is 31.7. The van der Waals surface area contributed by atoms with Gasteiger partial charge < -0.3 is 29.4 Å². The number of benzene rings is 3. The standard InChI is InChI=1S/C22H28N2O.C19H28N2O3.CH4O/c1-2-22(25)24(20-12-7-4-8-13-20)21-14-9-16-23(18-21)17-15-19-10-5-3-6-11-19;1-5-17(22)21(15-10-7-6-8-11-15)16-12-9-13-20(14-16)18(23)24-19(2,3)4;1-2/h3-8,10-13,21H,2,9,14-18H2,1H3;6-8,10-11,16H,5,9,12-14H2,1-4H3;2H,1H3/t21-;16-;/m00./s1. The van der Waals surface area contributed by atoms with Crippen molar-refractivity contribution in [3.05, 3.63) is 96.6 Å². The first kappa shape index (κ1) is 41.2. The van der Waals surface area contributed by atoms with Gasteiger partial charge >= 0.3 is 6.09 Å². The average Bonchev–Trinajstić information content (AvgIpc) is 3.16. The van der Waals surface area contributed by atoms with Gasteiger partial charge in [0.25, 0.3) is 0 Å². The number of carbonyl (C=O) groups excluding carboxylic acids is 3. The molecule has 9 nitrogen and oxygen atoms in total. The third-order valence-electron chi connectivity index (χ3n) is 9.03. The Morgan fingerprint density at radius 3 is 1.63 bits per heavy atom. The first-order valence-corrected chi connectivity index (χ1v) is 18.5. The lowest BCUT2D eigenvalue weighted by Crippen LogP contribution is -2.52. The Morgan fingerprint density at radius 1 is 0.706 bits per heavy atom. The van der Waals surface area contributed by atoms with Gasteiger partial charge in [0.05, 0.1) is 6.04 Å². The Kier molecular flexibility index (Phi) is 17.2. The molecule has 0 bridgehead atoms. The van der Waals surface area contributed by atoms with Gasteiger partial charge in [-0.05, 0) is 89.2 Å². The fraction of sp³-hybridized carbons (Fsp3) is 0.500. The van der Waals surface area contributed by atoms with Crippen molar-refractivity contribution in [2.24, 2.45) is 0 Å². The lowest BCUT2D eigenvalue weighted by molar-refractivity contribution is -0.119. The normalized spacial score (nSPS) is 17.5. The molecule has 2 aliphatic heterocycles. The van der Waals surface area contributed by atoms with Crippen molar-refractivity contribution < 1.29 is 24.2 Å². The second kappa shape index (κ2) is 21.2. The summed E-state index contributed by atoms with van der Waals surface area (Å²) in [5, 5.41) is 7.00. The molecule has 2 saturated heterocycles. The van der Waals surface area contributed by atoms with E-state index in [1.807, 2.05) is 92.9 Å². The minimum atomic E-state index is -0.512. The molecule has 2 heterocycles. The van der Waals surface area contributed by atoms with E-state index >= 15 is 0 Å². The van der Waals surface area contributed by atoms with E-state index in [2.05, 4.69) is 47.4 Å². The number of aliphatic hydroxyl groups excluding tert-OH is 1. The molecule has 5 rings (SSSR count). The Bertz CT molecular complexity index is 1450. The molecule has 0 spiro atoms. The molecule has 278 valence electrons. The number of carbonyl (C=O) groups is 3. The summed E-state index contributed by atoms with van der Waals surface area (Å²) in [7, 11) is 1.00. The molecular formula is C42H60N4O5. The molecule has 2 atom stereocenters. The number of rotatable bonds is 9. The topological polar surface area (TPSA) is 93.6 Å². The SMILES string of the molecule is CCC(=O)N(c1ccccc1)[C@H]1CCCN(C(=O)OC(C)(C)C)C1.CCC(=O)N(c1ccccc1)[C@H]1CCCN(CCc2ccccc2)C1.CO. The lowest BCUT2D eigenvalue weighted by Gasteiger charge is -2.39. The molecule has 51 heavy (non-hydrogen) atoms. The third-order valence-corrected chi connectivity index (χ3v) is 9.03. The van der Waals surface area contributed by atoms with Crippen molar-refractivity contribution in [1.29, 1.82) is 0 Å². The second-order valence-corrected chi connectivity index (χ2v) is 14.0. The zero-order chi connectivity index (χ0) is 37.2. The van der Waals surface area contributed by atoms with Gasteiger partial charge in [-0.1, -0.05) is 80.6 Å². The molecule has 3 aromatic rings. The summed E-state index contributed by atoms with van der Waals surface area (Å²) in [6.45, 7) is 13.8. The fourth-order valence-electron chi connectivity index (χ4n) is 6.67. The van der Waals surface area contributed by atoms with Crippen LogP contribution in [-0.2, 0) is 20.7 Å². The number of hydrogen-bond acceptors (Lipinski definition) is 6. The minimum Gasteiger partial charge on any atom is -0.444 e. The molecule has 3 aromatic carbocycles. The Hall–Kier alpha value is -4.21. The van der Waals surface area contributed by atoms with Gasteiger partial charge in [-0.3, -0.25) is 9.59 Å². The largest absolute Gasteiger partial charge is 0.444 e. The Balaban J connectivity index is 0.000000263. The lowest BCUT2D eigenvalue weighted by atomic mass is 10.0. The van der Waals surface area contributed by atoms with E-state index < -0.39 is 5.60 Å². The molecule has 0 radical (unpaired) electrons. The van der Waals surface area contributed by atoms with Crippen LogP contribution in [-0.4, -0.2) is 90.3 Å². The monoisotopic (exact) mass is 700 g/mol. The van der Waals surface area contributed by atoms with Crippen LogP contribution in [0.1, 0.15) is 78.7 Å². The van der Waals surface area contributed by atoms with Crippen LogP contribution >= 0.6 is 0 Å². The van der Waals surface area contributed by atoms with Crippen molar-refractivity contribution in [2.75, 3.05) is 49.6 Å². The highest BCUT2D eigenvalue weighted by Gasteiger charge is 2.33. The van der Waals surface area contributed by atoms with Gasteiger partial charge in [0.15, 0.2) is 0 Å². The van der Waals surface area contributed by atoms with Gasteiger partial charge in [0.2, 0.25) is 11.8 Å². The molecule has 1 N–H and O–H groups in total. The summed E-state index contributed by atoms with van der Waals surface area (Å²) in [5.41, 5.74) is 2.79. The molecule has 0 aliphatic carbocycles. The highest BCUT2D eigenvalue weighted by atomic mass is 16.6. The smallest absolute Gasteiger partial charge is 0.410 e. The van der Waals surface area contributed by atoms with E-state index in [1.165, 1.54) is 5.56 Å². The molecule has 0 unspecified atom stereocenters. The van der Waals surface area contributed by atoms with Crippen LogP contribution in [0.15, 0.2) is 91.0 Å². The predicted molar refractivity (Wildman–Crippen MR) is 207 cm³/mol. The average molecular weight is 701 g/mol. The quantitative estimate of drug-likeness (QED) is 0.248. The summed E-state index contributed by atoms with van der Waals surface area (Å²) in [6, 6.07) is 30.7.